The van der Waals surface area contributed by atoms with E-state index in [1.165, 1.54) is 5.56 Å². The maximum absolute atomic E-state index is 13.5. The third kappa shape index (κ3) is 5.01. The molecule has 8 heteroatoms. The number of fused-ring (bicyclic) bond motifs is 1. The van der Waals surface area contributed by atoms with Gasteiger partial charge in [0.15, 0.2) is 5.16 Å². The van der Waals surface area contributed by atoms with E-state index in [9.17, 15) is 4.79 Å². The fourth-order valence-corrected chi connectivity index (χ4v) is 4.36. The summed E-state index contributed by atoms with van der Waals surface area (Å²) >= 11 is 7.96. The fraction of sp³-hybridized carbons (Fsp3) is 0.261. The monoisotopic (exact) mass is 453 g/mol. The lowest BCUT2D eigenvalue weighted by atomic mass is 10.2. The number of aromatic nitrogens is 2. The molecule has 0 atom stereocenters. The number of nitrogens with zero attached hydrogens (tertiary/aromatic N) is 5. The van der Waals surface area contributed by atoms with Gasteiger partial charge in [-0.05, 0) is 31.8 Å². The summed E-state index contributed by atoms with van der Waals surface area (Å²) in [5, 5.41) is 1.21. The number of para-hydroxylation sites is 1. The molecule has 0 radical (unpaired) electrons. The largest absolute Gasteiger partial charge is 0.330 e. The van der Waals surface area contributed by atoms with Gasteiger partial charge >= 0.3 is 6.03 Å². The molecule has 2 heterocycles. The summed E-state index contributed by atoms with van der Waals surface area (Å²) in [4.78, 5) is 28.3. The lowest BCUT2D eigenvalue weighted by Crippen LogP contribution is -2.50. The number of halogens is 1. The summed E-state index contributed by atoms with van der Waals surface area (Å²) in [6, 6.07) is 17.5. The third-order valence-electron chi connectivity index (χ3n) is 4.99. The minimum atomic E-state index is -0.125. The van der Waals surface area contributed by atoms with Crippen molar-refractivity contribution in [3.05, 3.63) is 76.9 Å². The van der Waals surface area contributed by atoms with E-state index in [-0.39, 0.29) is 6.03 Å². The Morgan fingerprint density at radius 1 is 1.10 bits per heavy atom. The van der Waals surface area contributed by atoms with Gasteiger partial charge in [-0.25, -0.2) is 14.8 Å². The fourth-order valence-electron chi connectivity index (χ4n) is 3.35. The second-order valence-corrected chi connectivity index (χ2v) is 8.90. The van der Waals surface area contributed by atoms with Gasteiger partial charge in [-0.3, -0.25) is 9.80 Å². The summed E-state index contributed by atoms with van der Waals surface area (Å²) in [7, 11) is 3.98. The minimum absolute atomic E-state index is 0.125. The molecule has 6 nitrogen and oxygen atoms in total. The Morgan fingerprint density at radius 3 is 2.58 bits per heavy atom. The highest BCUT2D eigenvalue weighted by molar-refractivity contribution is 7.98. The molecule has 0 aliphatic carbocycles. The van der Waals surface area contributed by atoms with Crippen molar-refractivity contribution in [2.24, 2.45) is 0 Å². The zero-order chi connectivity index (χ0) is 21.8. The lowest BCUT2D eigenvalue weighted by molar-refractivity contribution is 0.248. The number of carbonyl (C=O) groups excluding carboxylic acids is 1. The van der Waals surface area contributed by atoms with Crippen LogP contribution in [0.1, 0.15) is 11.1 Å². The first-order valence-electron chi connectivity index (χ1n) is 10.0. The van der Waals surface area contributed by atoms with Gasteiger partial charge in [0.05, 0.1) is 17.3 Å². The molecular formula is C23H24ClN5OS. The van der Waals surface area contributed by atoms with Gasteiger partial charge in [0.25, 0.3) is 0 Å². The molecule has 3 aromatic rings. The third-order valence-corrected chi connectivity index (χ3v) is 6.24. The number of anilines is 2. The predicted molar refractivity (Wildman–Crippen MR) is 127 cm³/mol. The average Bonchev–Trinajstić information content (AvgIpc) is 2.78. The summed E-state index contributed by atoms with van der Waals surface area (Å²) < 4.78 is 0. The Balaban J connectivity index is 1.63. The van der Waals surface area contributed by atoms with Crippen LogP contribution in [0.3, 0.4) is 0 Å². The number of benzene rings is 2. The highest BCUT2D eigenvalue weighted by Gasteiger charge is 2.33. The molecular weight excluding hydrogens is 430 g/mol. The molecule has 0 spiro atoms. The molecule has 2 aromatic carbocycles. The van der Waals surface area contributed by atoms with E-state index in [1.54, 1.807) is 27.6 Å². The van der Waals surface area contributed by atoms with E-state index in [0.717, 1.165) is 17.9 Å². The first-order chi connectivity index (χ1) is 15.0. The number of urea groups is 1. The van der Waals surface area contributed by atoms with Crippen molar-refractivity contribution in [2.45, 2.75) is 17.5 Å². The molecule has 0 saturated carbocycles. The number of thioether (sulfide) groups is 1. The number of carbonyl (C=O) groups is 1. The predicted octanol–water partition coefficient (Wildman–Crippen LogP) is 4.93. The lowest BCUT2D eigenvalue weighted by Gasteiger charge is -2.36. The maximum Gasteiger partial charge on any atom is 0.330 e. The van der Waals surface area contributed by atoms with Crippen molar-refractivity contribution < 1.29 is 4.79 Å². The second-order valence-electron chi connectivity index (χ2n) is 7.55. The number of hydrogen-bond donors (Lipinski definition) is 0. The first-order valence-corrected chi connectivity index (χ1v) is 11.4. The van der Waals surface area contributed by atoms with Gasteiger partial charge in [-0.15, -0.1) is 0 Å². The van der Waals surface area contributed by atoms with Crippen LogP contribution in [-0.2, 0) is 12.3 Å². The maximum atomic E-state index is 13.5. The molecule has 2 amide bonds. The molecule has 160 valence electrons. The summed E-state index contributed by atoms with van der Waals surface area (Å²) in [5.74, 6) is 1.46. The highest BCUT2D eigenvalue weighted by Crippen LogP contribution is 2.34. The van der Waals surface area contributed by atoms with Crippen molar-refractivity contribution in [1.82, 2.24) is 14.9 Å². The Kier molecular flexibility index (Phi) is 6.75. The van der Waals surface area contributed by atoms with Crippen molar-refractivity contribution >= 4 is 40.9 Å². The van der Waals surface area contributed by atoms with Crippen LogP contribution in [0.25, 0.3) is 0 Å². The average molecular weight is 454 g/mol. The molecule has 4 rings (SSSR count). The minimum Gasteiger partial charge on any atom is -0.308 e. The van der Waals surface area contributed by atoms with Crippen LogP contribution in [-0.4, -0.2) is 48.1 Å². The molecule has 1 aliphatic rings. The molecule has 0 bridgehead atoms. The molecule has 0 unspecified atom stereocenters. The summed E-state index contributed by atoms with van der Waals surface area (Å²) in [6.45, 7) is 1.64. The van der Waals surface area contributed by atoms with Gasteiger partial charge in [0.1, 0.15) is 5.82 Å². The van der Waals surface area contributed by atoms with E-state index in [4.69, 9.17) is 16.6 Å². The summed E-state index contributed by atoms with van der Waals surface area (Å²) in [5.41, 5.74) is 2.80. The second kappa shape index (κ2) is 9.68. The van der Waals surface area contributed by atoms with E-state index >= 15 is 0 Å². The first kappa shape index (κ1) is 21.6. The van der Waals surface area contributed by atoms with Crippen molar-refractivity contribution in [3.8, 4) is 0 Å². The zero-order valence-corrected chi connectivity index (χ0v) is 19.1. The molecule has 1 aliphatic heterocycles. The number of likely N-dealkylation sites (N-methyl/N-ethyl adjacent to an activating group) is 1. The SMILES string of the molecule is CN(C)CCN1C(=O)N(c2ccccc2Cl)Cc2cnc(SCc3ccccc3)nc21. The topological polar surface area (TPSA) is 52.6 Å². The number of amides is 2. The molecule has 0 N–H and O–H groups in total. The molecule has 1 aromatic heterocycles. The Morgan fingerprint density at radius 2 is 1.84 bits per heavy atom. The Bertz CT molecular complexity index is 1060. The van der Waals surface area contributed by atoms with E-state index in [1.807, 2.05) is 61.6 Å². The zero-order valence-electron chi connectivity index (χ0n) is 17.5. The number of rotatable bonds is 7. The standard InChI is InChI=1S/C23H24ClN5OS/c1-27(2)12-13-28-21-18(15-29(23(28)30)20-11-7-6-10-19(20)24)14-25-22(26-21)31-16-17-8-4-3-5-9-17/h3-11,14H,12-13,15-16H2,1-2H3. The summed E-state index contributed by atoms with van der Waals surface area (Å²) in [6.07, 6.45) is 1.83. The van der Waals surface area contributed by atoms with Gasteiger partial charge in [-0.1, -0.05) is 65.8 Å². The van der Waals surface area contributed by atoms with Gasteiger partial charge in [0.2, 0.25) is 0 Å². The van der Waals surface area contributed by atoms with Crippen molar-refractivity contribution in [1.29, 1.82) is 0 Å². The van der Waals surface area contributed by atoms with Crippen molar-refractivity contribution in [2.75, 3.05) is 37.0 Å². The van der Waals surface area contributed by atoms with Crippen molar-refractivity contribution in [3.63, 3.8) is 0 Å². The van der Waals surface area contributed by atoms with E-state index in [0.29, 0.717) is 34.8 Å². The van der Waals surface area contributed by atoms with Crippen LogP contribution in [0.5, 0.6) is 0 Å². The van der Waals surface area contributed by atoms with Gasteiger partial charge in [0, 0.05) is 30.6 Å². The van der Waals surface area contributed by atoms with E-state index < -0.39 is 0 Å². The van der Waals surface area contributed by atoms with Gasteiger partial charge < -0.3 is 4.90 Å². The van der Waals surface area contributed by atoms with Crippen LogP contribution < -0.4 is 9.80 Å². The Hall–Kier alpha value is -2.61. The quantitative estimate of drug-likeness (QED) is 0.375. The highest BCUT2D eigenvalue weighted by atomic mass is 35.5. The molecule has 31 heavy (non-hydrogen) atoms. The normalized spacial score (nSPS) is 13.6. The van der Waals surface area contributed by atoms with Crippen LogP contribution in [0.2, 0.25) is 5.02 Å². The van der Waals surface area contributed by atoms with Gasteiger partial charge in [-0.2, -0.15) is 0 Å². The van der Waals surface area contributed by atoms with E-state index in [2.05, 4.69) is 17.1 Å². The smallest absolute Gasteiger partial charge is 0.308 e. The van der Waals surface area contributed by atoms with Crippen LogP contribution in [0.4, 0.5) is 16.3 Å². The van der Waals surface area contributed by atoms with Crippen LogP contribution >= 0.6 is 23.4 Å². The Labute approximate surface area is 191 Å². The van der Waals surface area contributed by atoms with Crippen LogP contribution in [0, 0.1) is 0 Å². The van der Waals surface area contributed by atoms with Crippen LogP contribution in [0.15, 0.2) is 66.0 Å². The number of hydrogen-bond acceptors (Lipinski definition) is 5. The molecule has 0 saturated heterocycles. The molecule has 0 fully saturated rings.